The lowest BCUT2D eigenvalue weighted by Crippen LogP contribution is -2.31. The summed E-state index contributed by atoms with van der Waals surface area (Å²) in [6.45, 7) is 3.69. The number of nitrogens with one attached hydrogen (secondary N) is 1. The first-order valence-electron chi connectivity index (χ1n) is 9.80. The van der Waals surface area contributed by atoms with Crippen LogP contribution in [0.2, 0.25) is 0 Å². The van der Waals surface area contributed by atoms with E-state index in [4.69, 9.17) is 4.74 Å². The molecule has 0 aliphatic heterocycles. The minimum atomic E-state index is -0.566. The quantitative estimate of drug-likeness (QED) is 0.563. The number of fused-ring (bicyclic) bond motifs is 1. The largest absolute Gasteiger partial charge is 0.456 e. The van der Waals surface area contributed by atoms with Crippen LogP contribution in [0.25, 0.3) is 11.0 Å². The lowest BCUT2D eigenvalue weighted by molar-refractivity contribution is -0.148. The molecule has 2 heterocycles. The standard InChI is InChI=1S/C21H25N5O4/c1-4-15-5-7-16(8-6-15)14(2)24-18(27)12-30-19(28)9-10-26-13-22-20-17(21(26)29)11-23-25(20)3/h5-8,11,13-14H,4,9-10,12H2,1-3H3,(H,24,27). The zero-order valence-electron chi connectivity index (χ0n) is 17.3. The third-order valence-electron chi connectivity index (χ3n) is 4.90. The monoisotopic (exact) mass is 411 g/mol. The Hall–Kier alpha value is -3.49. The number of aromatic nitrogens is 4. The normalized spacial score (nSPS) is 12.0. The summed E-state index contributed by atoms with van der Waals surface area (Å²) in [5.74, 6) is -0.950. The van der Waals surface area contributed by atoms with Crippen molar-refractivity contribution in [3.05, 3.63) is 58.3 Å². The fraction of sp³-hybridized carbons (Fsp3) is 0.381. The van der Waals surface area contributed by atoms with Gasteiger partial charge in [0.2, 0.25) is 0 Å². The number of amides is 1. The minimum absolute atomic E-state index is 0.0470. The van der Waals surface area contributed by atoms with Gasteiger partial charge in [0.25, 0.3) is 11.5 Å². The molecule has 0 aliphatic rings. The molecule has 3 aromatic rings. The number of carbonyl (C=O) groups is 2. The molecule has 30 heavy (non-hydrogen) atoms. The topological polar surface area (TPSA) is 108 Å². The SMILES string of the molecule is CCc1ccc(C(C)NC(=O)COC(=O)CCn2cnc3c(cnn3C)c2=O)cc1. The van der Waals surface area contributed by atoms with Crippen LogP contribution in [0, 0.1) is 0 Å². The molecule has 1 amide bonds. The summed E-state index contributed by atoms with van der Waals surface area (Å²) in [6, 6.07) is 7.80. The summed E-state index contributed by atoms with van der Waals surface area (Å²) < 4.78 is 7.86. The van der Waals surface area contributed by atoms with Crippen LogP contribution >= 0.6 is 0 Å². The highest BCUT2D eigenvalue weighted by Crippen LogP contribution is 2.13. The number of aryl methyl sites for hydroxylation is 3. The number of hydrogen-bond donors (Lipinski definition) is 1. The molecule has 9 nitrogen and oxygen atoms in total. The number of carbonyl (C=O) groups excluding carboxylic acids is 2. The summed E-state index contributed by atoms with van der Waals surface area (Å²) in [7, 11) is 1.70. The molecule has 0 saturated carbocycles. The molecule has 0 fully saturated rings. The number of hydrogen-bond acceptors (Lipinski definition) is 6. The van der Waals surface area contributed by atoms with Gasteiger partial charge in [0.15, 0.2) is 12.3 Å². The Morgan fingerprint density at radius 1 is 1.23 bits per heavy atom. The van der Waals surface area contributed by atoms with E-state index >= 15 is 0 Å². The van der Waals surface area contributed by atoms with Crippen LogP contribution < -0.4 is 10.9 Å². The lowest BCUT2D eigenvalue weighted by Gasteiger charge is -2.15. The molecule has 9 heteroatoms. The van der Waals surface area contributed by atoms with E-state index in [1.165, 1.54) is 27.3 Å². The molecular formula is C21H25N5O4. The van der Waals surface area contributed by atoms with Gasteiger partial charge >= 0.3 is 5.97 Å². The Bertz CT molecular complexity index is 1100. The first kappa shape index (κ1) is 21.2. The van der Waals surface area contributed by atoms with E-state index in [2.05, 4.69) is 22.3 Å². The maximum Gasteiger partial charge on any atom is 0.308 e. The van der Waals surface area contributed by atoms with Gasteiger partial charge in [0, 0.05) is 13.6 Å². The maximum atomic E-state index is 12.4. The van der Waals surface area contributed by atoms with Gasteiger partial charge in [0.1, 0.15) is 5.39 Å². The van der Waals surface area contributed by atoms with Gasteiger partial charge in [-0.2, -0.15) is 5.10 Å². The van der Waals surface area contributed by atoms with Crippen LogP contribution in [-0.4, -0.2) is 37.8 Å². The number of rotatable bonds is 8. The highest BCUT2D eigenvalue weighted by atomic mass is 16.5. The smallest absolute Gasteiger partial charge is 0.308 e. The van der Waals surface area contributed by atoms with Crippen LogP contribution in [0.4, 0.5) is 0 Å². The first-order chi connectivity index (χ1) is 14.4. The van der Waals surface area contributed by atoms with Crippen LogP contribution in [0.15, 0.2) is 41.6 Å². The number of ether oxygens (including phenoxy) is 1. The molecule has 1 aromatic carbocycles. The summed E-state index contributed by atoms with van der Waals surface area (Å²) in [4.78, 5) is 40.6. The van der Waals surface area contributed by atoms with E-state index in [0.717, 1.165) is 12.0 Å². The van der Waals surface area contributed by atoms with Crippen molar-refractivity contribution in [2.45, 2.75) is 39.3 Å². The summed E-state index contributed by atoms with van der Waals surface area (Å²) in [6.07, 6.45) is 3.72. The second-order valence-corrected chi connectivity index (χ2v) is 7.04. The van der Waals surface area contributed by atoms with E-state index in [-0.39, 0.29) is 37.1 Å². The van der Waals surface area contributed by atoms with Crippen molar-refractivity contribution in [2.75, 3.05) is 6.61 Å². The van der Waals surface area contributed by atoms with E-state index < -0.39 is 5.97 Å². The Labute approximate surface area is 173 Å². The average molecular weight is 411 g/mol. The maximum absolute atomic E-state index is 12.4. The van der Waals surface area contributed by atoms with Crippen LogP contribution in [0.3, 0.4) is 0 Å². The molecule has 0 saturated heterocycles. The van der Waals surface area contributed by atoms with Crippen molar-refractivity contribution >= 4 is 22.9 Å². The van der Waals surface area contributed by atoms with Crippen LogP contribution in [0.5, 0.6) is 0 Å². The van der Waals surface area contributed by atoms with Crippen molar-refractivity contribution in [2.24, 2.45) is 7.05 Å². The second kappa shape index (κ2) is 9.34. The Balaban J connectivity index is 1.46. The lowest BCUT2D eigenvalue weighted by atomic mass is 10.1. The second-order valence-electron chi connectivity index (χ2n) is 7.04. The Kier molecular flexibility index (Phi) is 6.61. The molecule has 0 aliphatic carbocycles. The number of benzene rings is 1. The third kappa shape index (κ3) is 4.91. The van der Waals surface area contributed by atoms with Crippen molar-refractivity contribution in [3.63, 3.8) is 0 Å². The van der Waals surface area contributed by atoms with Crippen molar-refractivity contribution < 1.29 is 14.3 Å². The number of esters is 1. The van der Waals surface area contributed by atoms with Crippen molar-refractivity contribution in [3.8, 4) is 0 Å². The zero-order valence-corrected chi connectivity index (χ0v) is 17.3. The summed E-state index contributed by atoms with van der Waals surface area (Å²) in [5.41, 5.74) is 2.41. The van der Waals surface area contributed by atoms with E-state index in [9.17, 15) is 14.4 Å². The van der Waals surface area contributed by atoms with Gasteiger partial charge in [-0.25, -0.2) is 4.98 Å². The van der Waals surface area contributed by atoms with Gasteiger partial charge in [-0.1, -0.05) is 31.2 Å². The van der Waals surface area contributed by atoms with Crippen molar-refractivity contribution in [1.82, 2.24) is 24.6 Å². The fourth-order valence-electron chi connectivity index (χ4n) is 3.06. The molecular weight excluding hydrogens is 386 g/mol. The van der Waals surface area contributed by atoms with E-state index in [0.29, 0.717) is 11.0 Å². The van der Waals surface area contributed by atoms with Gasteiger partial charge in [-0.3, -0.25) is 23.6 Å². The van der Waals surface area contributed by atoms with Gasteiger partial charge in [-0.15, -0.1) is 0 Å². The predicted molar refractivity (Wildman–Crippen MR) is 111 cm³/mol. The first-order valence-corrected chi connectivity index (χ1v) is 9.80. The summed E-state index contributed by atoms with van der Waals surface area (Å²) in [5, 5.41) is 7.19. The minimum Gasteiger partial charge on any atom is -0.456 e. The fourth-order valence-corrected chi connectivity index (χ4v) is 3.06. The Morgan fingerprint density at radius 2 is 1.97 bits per heavy atom. The molecule has 0 radical (unpaired) electrons. The van der Waals surface area contributed by atoms with Gasteiger partial charge in [-0.05, 0) is 24.5 Å². The molecule has 2 aromatic heterocycles. The highest BCUT2D eigenvalue weighted by Gasteiger charge is 2.13. The third-order valence-corrected chi connectivity index (χ3v) is 4.90. The van der Waals surface area contributed by atoms with Gasteiger partial charge in [0.05, 0.1) is 25.0 Å². The van der Waals surface area contributed by atoms with Gasteiger partial charge < -0.3 is 10.1 Å². The van der Waals surface area contributed by atoms with Crippen LogP contribution in [0.1, 0.15) is 37.4 Å². The Morgan fingerprint density at radius 3 is 2.67 bits per heavy atom. The van der Waals surface area contributed by atoms with E-state index in [1.54, 1.807) is 7.05 Å². The average Bonchev–Trinajstić information content (AvgIpc) is 3.13. The highest BCUT2D eigenvalue weighted by molar-refractivity contribution is 5.80. The molecule has 1 atom stereocenters. The molecule has 0 bridgehead atoms. The zero-order chi connectivity index (χ0) is 21.7. The predicted octanol–water partition coefficient (Wildman–Crippen LogP) is 1.50. The molecule has 0 spiro atoms. The van der Waals surface area contributed by atoms with Crippen LogP contribution in [-0.2, 0) is 34.3 Å². The molecule has 1 unspecified atom stereocenters. The van der Waals surface area contributed by atoms with E-state index in [1.807, 2.05) is 31.2 Å². The molecule has 158 valence electrons. The molecule has 1 N–H and O–H groups in total. The summed E-state index contributed by atoms with van der Waals surface area (Å²) >= 11 is 0. The number of nitrogens with zero attached hydrogens (tertiary/aromatic N) is 4. The van der Waals surface area contributed by atoms with Crippen molar-refractivity contribution in [1.29, 1.82) is 0 Å². The molecule has 3 rings (SSSR count).